The largest absolute Gasteiger partial charge is 0.383 e. The molecule has 7 heteroatoms. The molecule has 0 bridgehead atoms. The van der Waals surface area contributed by atoms with E-state index in [9.17, 15) is 0 Å². The van der Waals surface area contributed by atoms with Gasteiger partial charge >= 0.3 is 0 Å². The summed E-state index contributed by atoms with van der Waals surface area (Å²) in [6.07, 6.45) is 7.36. The highest BCUT2D eigenvalue weighted by molar-refractivity contribution is 5.32. The van der Waals surface area contributed by atoms with Gasteiger partial charge < -0.3 is 14.6 Å². The number of aryl methyl sites for hydroxylation is 1. The van der Waals surface area contributed by atoms with E-state index >= 15 is 0 Å². The van der Waals surface area contributed by atoms with E-state index in [0.29, 0.717) is 12.5 Å². The van der Waals surface area contributed by atoms with E-state index in [-0.39, 0.29) is 0 Å². The minimum atomic E-state index is 0.635. The van der Waals surface area contributed by atoms with Gasteiger partial charge in [-0.05, 0) is 43.9 Å². The fourth-order valence-corrected chi connectivity index (χ4v) is 3.35. The maximum Gasteiger partial charge on any atom is 0.148 e. The van der Waals surface area contributed by atoms with Crippen LogP contribution in [0.25, 0.3) is 0 Å². The Kier molecular flexibility index (Phi) is 6.36. The highest BCUT2D eigenvalue weighted by Crippen LogP contribution is 2.21. The molecule has 0 unspecified atom stereocenters. The van der Waals surface area contributed by atoms with E-state index in [1.54, 1.807) is 7.11 Å². The number of piperidine rings is 1. The molecule has 1 atom stereocenters. The minimum absolute atomic E-state index is 0.635. The molecule has 0 aromatic carbocycles. The number of imidazole rings is 1. The molecule has 0 radical (unpaired) electrons. The average molecular weight is 344 g/mol. The van der Waals surface area contributed by atoms with Gasteiger partial charge in [-0.25, -0.2) is 4.98 Å². The van der Waals surface area contributed by atoms with Gasteiger partial charge in [0.05, 0.1) is 18.8 Å². The van der Waals surface area contributed by atoms with Crippen molar-refractivity contribution in [3.05, 3.63) is 36.0 Å². The smallest absolute Gasteiger partial charge is 0.148 e. The third-order valence-electron chi connectivity index (χ3n) is 4.72. The van der Waals surface area contributed by atoms with Crippen molar-refractivity contribution in [2.45, 2.75) is 25.8 Å². The van der Waals surface area contributed by atoms with Gasteiger partial charge in [0.25, 0.3) is 0 Å². The molecule has 3 rings (SSSR count). The molecule has 1 aliphatic rings. The monoisotopic (exact) mass is 344 g/mol. The van der Waals surface area contributed by atoms with Crippen molar-refractivity contribution >= 4 is 5.82 Å². The Morgan fingerprint density at radius 3 is 2.96 bits per heavy atom. The predicted molar refractivity (Wildman–Crippen MR) is 97.3 cm³/mol. The van der Waals surface area contributed by atoms with E-state index in [1.807, 2.05) is 18.5 Å². The van der Waals surface area contributed by atoms with Gasteiger partial charge in [0, 0.05) is 39.6 Å². The molecule has 0 spiro atoms. The first-order valence-electron chi connectivity index (χ1n) is 8.98. The molecule has 1 saturated heterocycles. The minimum Gasteiger partial charge on any atom is -0.383 e. The summed E-state index contributed by atoms with van der Waals surface area (Å²) in [5.74, 6) is 2.57. The van der Waals surface area contributed by atoms with Crippen LogP contribution >= 0.6 is 0 Å². The van der Waals surface area contributed by atoms with Crippen LogP contribution in [0.2, 0.25) is 0 Å². The quantitative estimate of drug-likeness (QED) is 0.736. The number of likely N-dealkylation sites (tertiary alicyclic amines) is 1. The van der Waals surface area contributed by atoms with Crippen LogP contribution in [0.3, 0.4) is 0 Å². The molecular weight excluding hydrogens is 316 g/mol. The molecule has 2 aromatic heterocycles. The highest BCUT2D eigenvalue weighted by atomic mass is 16.5. The fraction of sp³-hybridized carbons (Fsp3) is 0.611. The van der Waals surface area contributed by atoms with Gasteiger partial charge in [-0.3, -0.25) is 4.90 Å². The zero-order valence-corrected chi connectivity index (χ0v) is 15.2. The van der Waals surface area contributed by atoms with E-state index in [0.717, 1.165) is 49.9 Å². The Balaban J connectivity index is 1.49. The standard InChI is InChI=1S/C18H28N6O/c1-23-10-7-20-18(23)14-24-9-3-4-15(13-24)12-16-5-6-17(22-21-16)19-8-11-25-2/h5-7,10,15H,3-4,8-9,11-14H2,1-2H3,(H,19,22)/t15-/m0/s1. The number of hydrogen-bond donors (Lipinski definition) is 1. The maximum atomic E-state index is 5.02. The number of nitrogens with zero attached hydrogens (tertiary/aromatic N) is 5. The van der Waals surface area contributed by atoms with Gasteiger partial charge in [0.15, 0.2) is 0 Å². The molecule has 1 fully saturated rings. The van der Waals surface area contributed by atoms with Crippen LogP contribution in [-0.2, 0) is 24.8 Å². The Morgan fingerprint density at radius 2 is 2.24 bits per heavy atom. The van der Waals surface area contributed by atoms with Crippen molar-refractivity contribution < 1.29 is 4.74 Å². The fourth-order valence-electron chi connectivity index (χ4n) is 3.35. The normalized spacial score (nSPS) is 18.4. The third-order valence-corrected chi connectivity index (χ3v) is 4.72. The lowest BCUT2D eigenvalue weighted by Gasteiger charge is -2.32. The summed E-state index contributed by atoms with van der Waals surface area (Å²) in [5.41, 5.74) is 1.07. The van der Waals surface area contributed by atoms with Crippen molar-refractivity contribution in [3.63, 3.8) is 0 Å². The summed E-state index contributed by atoms with van der Waals surface area (Å²) in [5, 5.41) is 11.8. The highest BCUT2D eigenvalue weighted by Gasteiger charge is 2.21. The summed E-state index contributed by atoms with van der Waals surface area (Å²) < 4.78 is 7.12. The number of methoxy groups -OCH3 is 1. The summed E-state index contributed by atoms with van der Waals surface area (Å²) in [6.45, 7) is 4.58. The Labute approximate surface area is 149 Å². The lowest BCUT2D eigenvalue weighted by Crippen LogP contribution is -2.36. The van der Waals surface area contributed by atoms with Gasteiger partial charge in [-0.15, -0.1) is 5.10 Å². The van der Waals surface area contributed by atoms with Crippen LogP contribution in [0.4, 0.5) is 5.82 Å². The summed E-state index contributed by atoms with van der Waals surface area (Å²) in [4.78, 5) is 6.95. The second-order valence-electron chi connectivity index (χ2n) is 6.73. The number of ether oxygens (including phenoxy) is 1. The molecule has 136 valence electrons. The number of hydrogen-bond acceptors (Lipinski definition) is 6. The lowest BCUT2D eigenvalue weighted by atomic mass is 9.93. The zero-order chi connectivity index (χ0) is 17.5. The van der Waals surface area contributed by atoms with Gasteiger partial charge in [-0.2, -0.15) is 5.10 Å². The molecule has 0 saturated carbocycles. The zero-order valence-electron chi connectivity index (χ0n) is 15.2. The van der Waals surface area contributed by atoms with Crippen LogP contribution in [0.5, 0.6) is 0 Å². The van der Waals surface area contributed by atoms with Crippen LogP contribution in [0, 0.1) is 5.92 Å². The van der Waals surface area contributed by atoms with Gasteiger partial charge in [0.2, 0.25) is 0 Å². The van der Waals surface area contributed by atoms with Crippen LogP contribution in [-0.4, -0.2) is 58.0 Å². The molecule has 2 aromatic rings. The number of anilines is 1. The van der Waals surface area contributed by atoms with Crippen LogP contribution in [0.15, 0.2) is 24.5 Å². The SMILES string of the molecule is COCCNc1ccc(C[C@@H]2CCCN(Cc3nccn3C)C2)nn1. The average Bonchev–Trinajstić information content (AvgIpc) is 3.02. The molecule has 1 N–H and O–H groups in total. The van der Waals surface area contributed by atoms with Crippen LogP contribution < -0.4 is 5.32 Å². The molecule has 3 heterocycles. The Hall–Kier alpha value is -1.99. The molecule has 0 aliphatic carbocycles. The first-order valence-corrected chi connectivity index (χ1v) is 8.98. The Morgan fingerprint density at radius 1 is 1.32 bits per heavy atom. The first-order chi connectivity index (χ1) is 12.2. The topological polar surface area (TPSA) is 68.1 Å². The van der Waals surface area contributed by atoms with Crippen LogP contribution in [0.1, 0.15) is 24.4 Å². The van der Waals surface area contributed by atoms with Crippen molar-refractivity contribution in [3.8, 4) is 0 Å². The summed E-state index contributed by atoms with van der Waals surface area (Å²) in [6, 6.07) is 4.09. The molecule has 25 heavy (non-hydrogen) atoms. The summed E-state index contributed by atoms with van der Waals surface area (Å²) in [7, 11) is 3.75. The predicted octanol–water partition coefficient (Wildman–Crippen LogP) is 1.72. The molecular formula is C18H28N6O. The molecule has 0 amide bonds. The van der Waals surface area contributed by atoms with Gasteiger partial charge in [0.1, 0.15) is 11.6 Å². The lowest BCUT2D eigenvalue weighted by molar-refractivity contribution is 0.161. The molecule has 7 nitrogen and oxygen atoms in total. The van der Waals surface area contributed by atoms with Crippen molar-refractivity contribution in [1.29, 1.82) is 0 Å². The number of nitrogens with one attached hydrogen (secondary N) is 1. The van der Waals surface area contributed by atoms with Crippen molar-refractivity contribution in [2.24, 2.45) is 13.0 Å². The third kappa shape index (κ3) is 5.24. The summed E-state index contributed by atoms with van der Waals surface area (Å²) >= 11 is 0. The number of aromatic nitrogens is 4. The van der Waals surface area contributed by atoms with Gasteiger partial charge in [-0.1, -0.05) is 0 Å². The van der Waals surface area contributed by atoms with E-state index in [4.69, 9.17) is 4.74 Å². The van der Waals surface area contributed by atoms with E-state index < -0.39 is 0 Å². The van der Waals surface area contributed by atoms with E-state index in [2.05, 4.69) is 43.1 Å². The van der Waals surface area contributed by atoms with E-state index in [1.165, 1.54) is 12.8 Å². The first kappa shape index (κ1) is 17.8. The second-order valence-corrected chi connectivity index (χ2v) is 6.73. The number of rotatable bonds is 8. The van der Waals surface area contributed by atoms with Crippen molar-refractivity contribution in [2.75, 3.05) is 38.7 Å². The molecule has 1 aliphatic heterocycles. The Bertz CT molecular complexity index is 641. The van der Waals surface area contributed by atoms with Crippen molar-refractivity contribution in [1.82, 2.24) is 24.6 Å². The maximum absolute atomic E-state index is 5.02. The second kappa shape index (κ2) is 8.92.